The number of benzene rings is 1. The van der Waals surface area contributed by atoms with Crippen LogP contribution in [-0.2, 0) is 0 Å². The summed E-state index contributed by atoms with van der Waals surface area (Å²) in [6.45, 7) is 0. The maximum absolute atomic E-state index is 5.22. The van der Waals surface area contributed by atoms with Crippen LogP contribution in [0.5, 0.6) is 0 Å². The van der Waals surface area contributed by atoms with Gasteiger partial charge in [0.1, 0.15) is 0 Å². The van der Waals surface area contributed by atoms with Gasteiger partial charge in [-0.1, -0.05) is 0 Å². The van der Waals surface area contributed by atoms with Crippen LogP contribution in [0.3, 0.4) is 0 Å². The molecule has 0 amide bonds. The zero-order valence-corrected chi connectivity index (χ0v) is 6.77. The zero-order chi connectivity index (χ0) is 9.10. The molecule has 0 bridgehead atoms. The summed E-state index contributed by atoms with van der Waals surface area (Å²) >= 11 is 0. The van der Waals surface area contributed by atoms with Crippen LogP contribution < -0.4 is 11.3 Å². The minimum atomic E-state index is 0.503. The molecule has 5 nitrogen and oxygen atoms in total. The number of nitrogen functional groups attached to an aromatic ring is 1. The highest BCUT2D eigenvalue weighted by Crippen LogP contribution is 2.17. The SMILES string of the molecule is NNc1ccc(-c2nnco2)cc1. The van der Waals surface area contributed by atoms with Crippen molar-refractivity contribution in [3.05, 3.63) is 30.7 Å². The standard InChI is InChI=1S/C8H8N4O/c9-11-7-3-1-6(2-4-7)8-12-10-5-13-8/h1-5,11H,9H2. The lowest BCUT2D eigenvalue weighted by Gasteiger charge is -1.98. The fourth-order valence-corrected chi connectivity index (χ4v) is 1.01. The van der Waals surface area contributed by atoms with E-state index in [2.05, 4.69) is 15.6 Å². The fourth-order valence-electron chi connectivity index (χ4n) is 1.01. The Balaban J connectivity index is 2.33. The van der Waals surface area contributed by atoms with Crippen molar-refractivity contribution in [2.45, 2.75) is 0 Å². The highest BCUT2D eigenvalue weighted by atomic mass is 16.4. The molecule has 5 heteroatoms. The second kappa shape index (κ2) is 3.24. The predicted octanol–water partition coefficient (Wildman–Crippen LogP) is 1.02. The van der Waals surface area contributed by atoms with Gasteiger partial charge in [-0.15, -0.1) is 10.2 Å². The van der Waals surface area contributed by atoms with Crippen molar-refractivity contribution in [3.63, 3.8) is 0 Å². The van der Waals surface area contributed by atoms with Crippen molar-refractivity contribution in [1.82, 2.24) is 10.2 Å². The van der Waals surface area contributed by atoms with Crippen LogP contribution in [0.4, 0.5) is 5.69 Å². The van der Waals surface area contributed by atoms with Crippen molar-refractivity contribution in [1.29, 1.82) is 0 Å². The number of hydrazine groups is 1. The first kappa shape index (κ1) is 7.75. The fraction of sp³-hybridized carbons (Fsp3) is 0. The van der Waals surface area contributed by atoms with E-state index in [1.54, 1.807) is 0 Å². The zero-order valence-electron chi connectivity index (χ0n) is 6.77. The van der Waals surface area contributed by atoms with Gasteiger partial charge in [-0.25, -0.2) is 0 Å². The molecule has 0 atom stereocenters. The Hall–Kier alpha value is -1.88. The third-order valence-electron chi connectivity index (χ3n) is 1.66. The number of nitrogens with two attached hydrogens (primary N) is 1. The van der Waals surface area contributed by atoms with Crippen molar-refractivity contribution >= 4 is 5.69 Å². The summed E-state index contributed by atoms with van der Waals surface area (Å²) < 4.78 is 5.02. The van der Waals surface area contributed by atoms with Gasteiger partial charge in [-0.2, -0.15) is 0 Å². The highest BCUT2D eigenvalue weighted by Gasteiger charge is 2.01. The van der Waals surface area contributed by atoms with Gasteiger partial charge in [0.2, 0.25) is 12.3 Å². The normalized spacial score (nSPS) is 9.92. The van der Waals surface area contributed by atoms with Crippen molar-refractivity contribution in [3.8, 4) is 11.5 Å². The maximum atomic E-state index is 5.22. The van der Waals surface area contributed by atoms with Crippen LogP contribution in [0.15, 0.2) is 35.1 Å². The molecule has 1 heterocycles. The number of nitrogens with one attached hydrogen (secondary N) is 1. The Morgan fingerprint density at radius 3 is 2.54 bits per heavy atom. The summed E-state index contributed by atoms with van der Waals surface area (Å²) in [5.74, 6) is 5.72. The predicted molar refractivity (Wildman–Crippen MR) is 47.5 cm³/mol. The van der Waals surface area contributed by atoms with E-state index < -0.39 is 0 Å². The second-order valence-electron chi connectivity index (χ2n) is 2.47. The van der Waals surface area contributed by atoms with E-state index in [1.165, 1.54) is 6.39 Å². The van der Waals surface area contributed by atoms with E-state index in [9.17, 15) is 0 Å². The molecule has 0 aliphatic carbocycles. The number of hydrogen-bond acceptors (Lipinski definition) is 5. The van der Waals surface area contributed by atoms with E-state index >= 15 is 0 Å². The van der Waals surface area contributed by atoms with Crippen LogP contribution in [0.1, 0.15) is 0 Å². The summed E-state index contributed by atoms with van der Waals surface area (Å²) in [5, 5.41) is 7.36. The molecule has 0 aliphatic heterocycles. The van der Waals surface area contributed by atoms with Gasteiger partial charge in [-0.3, -0.25) is 5.84 Å². The minimum Gasteiger partial charge on any atom is -0.423 e. The average Bonchev–Trinajstić information content (AvgIpc) is 2.71. The molecule has 1 aromatic carbocycles. The molecule has 0 fully saturated rings. The minimum absolute atomic E-state index is 0.503. The average molecular weight is 176 g/mol. The summed E-state index contributed by atoms with van der Waals surface area (Å²) in [5.41, 5.74) is 4.24. The summed E-state index contributed by atoms with van der Waals surface area (Å²) in [7, 11) is 0. The largest absolute Gasteiger partial charge is 0.423 e. The van der Waals surface area contributed by atoms with Gasteiger partial charge in [0, 0.05) is 11.3 Å². The van der Waals surface area contributed by atoms with Crippen LogP contribution in [0.25, 0.3) is 11.5 Å². The van der Waals surface area contributed by atoms with Gasteiger partial charge in [0.25, 0.3) is 0 Å². The maximum Gasteiger partial charge on any atom is 0.247 e. The number of aromatic nitrogens is 2. The quantitative estimate of drug-likeness (QED) is 0.527. The number of nitrogens with zero attached hydrogens (tertiary/aromatic N) is 2. The molecule has 66 valence electrons. The first-order valence-corrected chi connectivity index (χ1v) is 3.73. The lowest BCUT2D eigenvalue weighted by Crippen LogP contribution is -2.05. The summed E-state index contributed by atoms with van der Waals surface area (Å²) in [6.07, 6.45) is 1.30. The van der Waals surface area contributed by atoms with E-state index in [-0.39, 0.29) is 0 Å². The Bertz CT molecular complexity index is 368. The Morgan fingerprint density at radius 2 is 2.00 bits per heavy atom. The number of anilines is 1. The molecule has 2 rings (SSSR count). The van der Waals surface area contributed by atoms with E-state index in [0.717, 1.165) is 11.3 Å². The van der Waals surface area contributed by atoms with Crippen molar-refractivity contribution in [2.75, 3.05) is 5.43 Å². The molecule has 0 saturated carbocycles. The van der Waals surface area contributed by atoms with E-state index in [0.29, 0.717) is 5.89 Å². The van der Waals surface area contributed by atoms with Gasteiger partial charge in [0.05, 0.1) is 0 Å². The first-order valence-electron chi connectivity index (χ1n) is 3.73. The van der Waals surface area contributed by atoms with Gasteiger partial charge >= 0.3 is 0 Å². The molecule has 0 aliphatic rings. The highest BCUT2D eigenvalue weighted by molar-refractivity contribution is 5.57. The Morgan fingerprint density at radius 1 is 1.23 bits per heavy atom. The van der Waals surface area contributed by atoms with Gasteiger partial charge in [0.15, 0.2) is 0 Å². The Labute approximate surface area is 74.6 Å². The molecule has 0 saturated heterocycles. The third-order valence-corrected chi connectivity index (χ3v) is 1.66. The van der Waals surface area contributed by atoms with Crippen LogP contribution in [0, 0.1) is 0 Å². The molecule has 0 spiro atoms. The molecule has 0 radical (unpaired) electrons. The first-order chi connectivity index (χ1) is 6.40. The molecule has 0 unspecified atom stereocenters. The molecule has 1 aromatic heterocycles. The number of rotatable bonds is 2. The second-order valence-corrected chi connectivity index (χ2v) is 2.47. The van der Waals surface area contributed by atoms with E-state index in [4.69, 9.17) is 10.3 Å². The molecule has 3 N–H and O–H groups in total. The topological polar surface area (TPSA) is 77.0 Å². The van der Waals surface area contributed by atoms with E-state index in [1.807, 2.05) is 24.3 Å². The van der Waals surface area contributed by atoms with Crippen molar-refractivity contribution in [2.24, 2.45) is 5.84 Å². The molecular formula is C8H8N4O. The lowest BCUT2D eigenvalue weighted by molar-refractivity contribution is 0.568. The number of hydrogen-bond donors (Lipinski definition) is 2. The van der Waals surface area contributed by atoms with Crippen LogP contribution in [-0.4, -0.2) is 10.2 Å². The van der Waals surface area contributed by atoms with Crippen LogP contribution >= 0.6 is 0 Å². The van der Waals surface area contributed by atoms with Crippen LogP contribution in [0.2, 0.25) is 0 Å². The van der Waals surface area contributed by atoms with Gasteiger partial charge in [-0.05, 0) is 24.3 Å². The molecule has 13 heavy (non-hydrogen) atoms. The lowest BCUT2D eigenvalue weighted by atomic mass is 10.2. The molecular weight excluding hydrogens is 168 g/mol. The van der Waals surface area contributed by atoms with Crippen molar-refractivity contribution < 1.29 is 4.42 Å². The van der Waals surface area contributed by atoms with Gasteiger partial charge < -0.3 is 9.84 Å². The summed E-state index contributed by atoms with van der Waals surface area (Å²) in [6, 6.07) is 7.37. The summed E-state index contributed by atoms with van der Waals surface area (Å²) in [4.78, 5) is 0. The Kier molecular flexibility index (Phi) is 1.93. The smallest absolute Gasteiger partial charge is 0.247 e. The molecule has 2 aromatic rings. The third kappa shape index (κ3) is 1.50. The monoisotopic (exact) mass is 176 g/mol.